The molecule has 0 heterocycles. The summed E-state index contributed by atoms with van der Waals surface area (Å²) < 4.78 is 0. The molecule has 1 aliphatic carbocycles. The third kappa shape index (κ3) is 4.18. The summed E-state index contributed by atoms with van der Waals surface area (Å²) in [5, 5.41) is 11.9. The second-order valence-electron chi connectivity index (χ2n) is 4.69. The van der Waals surface area contributed by atoms with Crippen molar-refractivity contribution in [1.29, 1.82) is 0 Å². The van der Waals surface area contributed by atoms with Gasteiger partial charge in [0.1, 0.15) is 0 Å². The Morgan fingerprint density at radius 3 is 2.73 bits per heavy atom. The molecule has 0 aromatic carbocycles. The monoisotopic (exact) mass is 214 g/mol. The SMILES string of the molecule is CCCC(N)CC(=O)NCC1(CO)CC1. The van der Waals surface area contributed by atoms with E-state index in [1.54, 1.807) is 0 Å². The van der Waals surface area contributed by atoms with Gasteiger partial charge in [-0.05, 0) is 19.3 Å². The van der Waals surface area contributed by atoms with Crippen molar-refractivity contribution in [3.05, 3.63) is 0 Å². The van der Waals surface area contributed by atoms with E-state index < -0.39 is 0 Å². The minimum Gasteiger partial charge on any atom is -0.396 e. The van der Waals surface area contributed by atoms with Crippen LogP contribution in [0, 0.1) is 5.41 Å². The van der Waals surface area contributed by atoms with E-state index in [9.17, 15) is 4.79 Å². The van der Waals surface area contributed by atoms with Crippen LogP contribution in [0.2, 0.25) is 0 Å². The molecule has 4 nitrogen and oxygen atoms in total. The zero-order chi connectivity index (χ0) is 11.3. The molecule has 0 saturated heterocycles. The van der Waals surface area contributed by atoms with Crippen LogP contribution in [0.25, 0.3) is 0 Å². The van der Waals surface area contributed by atoms with E-state index >= 15 is 0 Å². The lowest BCUT2D eigenvalue weighted by Gasteiger charge is -2.14. The summed E-state index contributed by atoms with van der Waals surface area (Å²) in [6, 6.07) is -0.0284. The van der Waals surface area contributed by atoms with Gasteiger partial charge in [-0.2, -0.15) is 0 Å². The van der Waals surface area contributed by atoms with Gasteiger partial charge in [-0.1, -0.05) is 13.3 Å². The summed E-state index contributed by atoms with van der Waals surface area (Å²) >= 11 is 0. The van der Waals surface area contributed by atoms with E-state index in [4.69, 9.17) is 10.8 Å². The van der Waals surface area contributed by atoms with Crippen LogP contribution < -0.4 is 11.1 Å². The van der Waals surface area contributed by atoms with Crippen LogP contribution in [-0.4, -0.2) is 30.2 Å². The normalized spacial score (nSPS) is 19.7. The van der Waals surface area contributed by atoms with Crippen molar-refractivity contribution in [3.8, 4) is 0 Å². The van der Waals surface area contributed by atoms with Gasteiger partial charge in [0.25, 0.3) is 0 Å². The highest BCUT2D eigenvalue weighted by Crippen LogP contribution is 2.44. The number of hydrogen-bond acceptors (Lipinski definition) is 3. The van der Waals surface area contributed by atoms with Gasteiger partial charge in [-0.15, -0.1) is 0 Å². The molecular weight excluding hydrogens is 192 g/mol. The van der Waals surface area contributed by atoms with E-state index in [2.05, 4.69) is 12.2 Å². The number of aliphatic hydroxyl groups excluding tert-OH is 1. The van der Waals surface area contributed by atoms with Crippen molar-refractivity contribution < 1.29 is 9.90 Å². The minimum atomic E-state index is -0.0284. The number of rotatable bonds is 7. The van der Waals surface area contributed by atoms with Crippen LogP contribution >= 0.6 is 0 Å². The van der Waals surface area contributed by atoms with Crippen molar-refractivity contribution in [3.63, 3.8) is 0 Å². The summed E-state index contributed by atoms with van der Waals surface area (Å²) in [6.07, 6.45) is 4.33. The van der Waals surface area contributed by atoms with Gasteiger partial charge in [-0.25, -0.2) is 0 Å². The summed E-state index contributed by atoms with van der Waals surface area (Å²) in [7, 11) is 0. The molecule has 4 heteroatoms. The quantitative estimate of drug-likeness (QED) is 0.574. The molecule has 1 unspecified atom stereocenters. The Bertz CT molecular complexity index is 215. The summed E-state index contributed by atoms with van der Waals surface area (Å²) in [5.74, 6) is 0.00988. The average molecular weight is 214 g/mol. The third-order valence-corrected chi connectivity index (χ3v) is 3.06. The summed E-state index contributed by atoms with van der Waals surface area (Å²) in [6.45, 7) is 2.83. The Labute approximate surface area is 91.2 Å². The first kappa shape index (κ1) is 12.5. The number of nitrogens with two attached hydrogens (primary N) is 1. The van der Waals surface area contributed by atoms with E-state index in [0.717, 1.165) is 25.7 Å². The second kappa shape index (κ2) is 5.47. The summed E-state index contributed by atoms with van der Waals surface area (Å²) in [5.41, 5.74) is 5.75. The average Bonchev–Trinajstić information content (AvgIpc) is 2.96. The largest absolute Gasteiger partial charge is 0.396 e. The Kier molecular flexibility index (Phi) is 4.54. The molecule has 0 aromatic heterocycles. The standard InChI is InChI=1S/C11H22N2O2/c1-2-3-9(12)6-10(15)13-7-11(8-14)4-5-11/h9,14H,2-8,12H2,1H3,(H,13,15). The van der Waals surface area contributed by atoms with Crippen LogP contribution in [0.5, 0.6) is 0 Å². The molecule has 1 fully saturated rings. The molecule has 0 bridgehead atoms. The second-order valence-corrected chi connectivity index (χ2v) is 4.69. The number of amides is 1. The van der Waals surface area contributed by atoms with Gasteiger partial charge in [0.15, 0.2) is 0 Å². The highest BCUT2D eigenvalue weighted by molar-refractivity contribution is 5.76. The van der Waals surface area contributed by atoms with E-state index in [1.807, 2.05) is 0 Å². The van der Waals surface area contributed by atoms with Gasteiger partial charge in [-0.3, -0.25) is 4.79 Å². The molecule has 1 aliphatic rings. The molecule has 0 aromatic rings. The fourth-order valence-corrected chi connectivity index (χ4v) is 1.64. The molecular formula is C11H22N2O2. The molecule has 1 rings (SSSR count). The zero-order valence-corrected chi connectivity index (χ0v) is 9.46. The lowest BCUT2D eigenvalue weighted by Crippen LogP contribution is -2.35. The Morgan fingerprint density at radius 2 is 2.27 bits per heavy atom. The van der Waals surface area contributed by atoms with Crippen molar-refractivity contribution in [1.82, 2.24) is 5.32 Å². The highest BCUT2D eigenvalue weighted by Gasteiger charge is 2.41. The molecule has 0 radical (unpaired) electrons. The number of nitrogens with one attached hydrogen (secondary N) is 1. The van der Waals surface area contributed by atoms with Crippen molar-refractivity contribution in [2.45, 2.75) is 45.1 Å². The molecule has 0 aliphatic heterocycles. The molecule has 88 valence electrons. The predicted molar refractivity (Wildman–Crippen MR) is 59.3 cm³/mol. The predicted octanol–water partition coefficient (Wildman–Crippen LogP) is 0.393. The molecule has 1 atom stereocenters. The van der Waals surface area contributed by atoms with Gasteiger partial charge in [0.2, 0.25) is 5.91 Å². The number of carbonyl (C=O) groups is 1. The van der Waals surface area contributed by atoms with Crippen molar-refractivity contribution >= 4 is 5.91 Å². The first-order chi connectivity index (χ1) is 7.12. The minimum absolute atomic E-state index is 0.00941. The van der Waals surface area contributed by atoms with Crippen molar-refractivity contribution in [2.75, 3.05) is 13.2 Å². The molecule has 0 spiro atoms. The van der Waals surface area contributed by atoms with Gasteiger partial charge in [0, 0.05) is 24.4 Å². The summed E-state index contributed by atoms with van der Waals surface area (Å²) in [4.78, 5) is 11.4. The first-order valence-corrected chi connectivity index (χ1v) is 5.75. The van der Waals surface area contributed by atoms with Crippen LogP contribution in [0.1, 0.15) is 39.0 Å². The zero-order valence-electron chi connectivity index (χ0n) is 9.46. The maximum atomic E-state index is 11.4. The van der Waals surface area contributed by atoms with Gasteiger partial charge < -0.3 is 16.2 Å². The first-order valence-electron chi connectivity index (χ1n) is 5.75. The lowest BCUT2D eigenvalue weighted by molar-refractivity contribution is -0.121. The van der Waals surface area contributed by atoms with Crippen LogP contribution in [-0.2, 0) is 4.79 Å². The molecule has 1 amide bonds. The van der Waals surface area contributed by atoms with Crippen LogP contribution in [0.15, 0.2) is 0 Å². The van der Waals surface area contributed by atoms with Gasteiger partial charge in [0.05, 0.1) is 6.61 Å². The fourth-order valence-electron chi connectivity index (χ4n) is 1.64. The number of carbonyl (C=O) groups excluding carboxylic acids is 1. The number of aliphatic hydroxyl groups is 1. The van der Waals surface area contributed by atoms with Crippen LogP contribution in [0.3, 0.4) is 0 Å². The maximum Gasteiger partial charge on any atom is 0.221 e. The smallest absolute Gasteiger partial charge is 0.221 e. The Hall–Kier alpha value is -0.610. The Morgan fingerprint density at radius 1 is 1.60 bits per heavy atom. The Balaban J connectivity index is 2.13. The topological polar surface area (TPSA) is 75.4 Å². The lowest BCUT2D eigenvalue weighted by atomic mass is 10.1. The maximum absolute atomic E-state index is 11.4. The van der Waals surface area contributed by atoms with E-state index in [-0.39, 0.29) is 24.0 Å². The van der Waals surface area contributed by atoms with Crippen molar-refractivity contribution in [2.24, 2.45) is 11.1 Å². The molecule has 1 saturated carbocycles. The van der Waals surface area contributed by atoms with Gasteiger partial charge >= 0.3 is 0 Å². The third-order valence-electron chi connectivity index (χ3n) is 3.06. The van der Waals surface area contributed by atoms with E-state index in [1.165, 1.54) is 0 Å². The van der Waals surface area contributed by atoms with Crippen LogP contribution in [0.4, 0.5) is 0 Å². The molecule has 4 N–H and O–H groups in total. The fraction of sp³-hybridized carbons (Fsp3) is 0.909. The number of hydrogen-bond donors (Lipinski definition) is 3. The highest BCUT2D eigenvalue weighted by atomic mass is 16.3. The van der Waals surface area contributed by atoms with E-state index in [0.29, 0.717) is 13.0 Å². The molecule has 15 heavy (non-hydrogen) atoms.